The summed E-state index contributed by atoms with van der Waals surface area (Å²) >= 11 is 0. The zero-order valence-electron chi connectivity index (χ0n) is 17.7. The molecule has 0 aliphatic rings. The lowest BCUT2D eigenvalue weighted by atomic mass is 9.83. The van der Waals surface area contributed by atoms with Gasteiger partial charge in [-0.25, -0.2) is 13.5 Å². The van der Waals surface area contributed by atoms with Crippen molar-refractivity contribution in [1.82, 2.24) is 10.4 Å². The quantitative estimate of drug-likeness (QED) is 0.250. The van der Waals surface area contributed by atoms with Crippen LogP contribution in [0, 0.1) is 17.8 Å². The van der Waals surface area contributed by atoms with E-state index in [1.807, 2.05) is 19.9 Å². The van der Waals surface area contributed by atoms with Gasteiger partial charge < -0.3 is 16.2 Å². The largest absolute Gasteiger partial charge is 0.394 e. The van der Waals surface area contributed by atoms with E-state index in [-0.39, 0.29) is 24.8 Å². The number of nitrogens with zero attached hydrogens (tertiary/aromatic N) is 1. The first-order valence-corrected chi connectivity index (χ1v) is 11.9. The Bertz CT molecular complexity index is 785. The smallest absolute Gasteiger partial charge is 0.251 e. The summed E-state index contributed by atoms with van der Waals surface area (Å²) in [6, 6.07) is 8.11. The Morgan fingerprint density at radius 1 is 1.17 bits per heavy atom. The monoisotopic (exact) mass is 443 g/mol. The number of benzene rings is 1. The number of hydrogen-bond donors (Lipinski definition) is 4. The zero-order valence-corrected chi connectivity index (χ0v) is 18.5. The molecular weight excluding hydrogens is 410 g/mol. The Labute approximate surface area is 178 Å². The van der Waals surface area contributed by atoms with Gasteiger partial charge in [0.25, 0.3) is 5.91 Å². The maximum absolute atomic E-state index is 13.1. The molecule has 1 aromatic carbocycles. The van der Waals surface area contributed by atoms with Gasteiger partial charge in [0, 0.05) is 12.8 Å². The van der Waals surface area contributed by atoms with Gasteiger partial charge in [0.2, 0.25) is 5.91 Å². The molecule has 0 bridgehead atoms. The topological polar surface area (TPSA) is 150 Å². The normalized spacial score (nSPS) is 14.9. The minimum absolute atomic E-state index is 0.0396. The lowest BCUT2D eigenvalue weighted by molar-refractivity contribution is -0.186. The molecule has 0 saturated carbocycles. The van der Waals surface area contributed by atoms with Crippen molar-refractivity contribution in [3.63, 3.8) is 0 Å². The van der Waals surface area contributed by atoms with Gasteiger partial charge in [0.1, 0.15) is 0 Å². The van der Waals surface area contributed by atoms with Crippen molar-refractivity contribution in [3.8, 4) is 0 Å². The fourth-order valence-corrected chi connectivity index (χ4v) is 3.74. The number of carbonyl (C=O) groups excluding carboxylic acids is 2. The lowest BCUT2D eigenvalue weighted by Crippen LogP contribution is -2.51. The number of carbonyl (C=O) groups is 2. The number of nitrogens with two attached hydrogens (primary N) is 1. The van der Waals surface area contributed by atoms with Crippen LogP contribution in [0.4, 0.5) is 0 Å². The van der Waals surface area contributed by atoms with E-state index >= 15 is 0 Å². The lowest BCUT2D eigenvalue weighted by Gasteiger charge is -2.32. The SMILES string of the molecule is CC(C)C[C@@H](C(N)=O)[C@H](CNCS(C)(=O)=O)C(=O)N(O)[C@H](CO)Cc1ccccc1. The summed E-state index contributed by atoms with van der Waals surface area (Å²) in [6.45, 7) is 3.08. The highest BCUT2D eigenvalue weighted by Crippen LogP contribution is 2.23. The summed E-state index contributed by atoms with van der Waals surface area (Å²) in [5, 5.41) is 23.4. The molecule has 10 heteroatoms. The Balaban J connectivity index is 3.08. The molecule has 0 fully saturated rings. The van der Waals surface area contributed by atoms with Gasteiger partial charge in [0.05, 0.1) is 30.4 Å². The number of aliphatic hydroxyl groups is 1. The first-order valence-electron chi connectivity index (χ1n) is 9.80. The third-order valence-electron chi connectivity index (χ3n) is 4.72. The van der Waals surface area contributed by atoms with Crippen LogP contribution in [0.5, 0.6) is 0 Å². The predicted molar refractivity (Wildman–Crippen MR) is 113 cm³/mol. The summed E-state index contributed by atoms with van der Waals surface area (Å²) in [4.78, 5) is 25.2. The van der Waals surface area contributed by atoms with Crippen LogP contribution in [0.1, 0.15) is 25.8 Å². The molecule has 0 saturated heterocycles. The number of rotatable bonds is 13. The maximum atomic E-state index is 13.1. The second kappa shape index (κ2) is 12.0. The zero-order chi connectivity index (χ0) is 22.9. The number of hydroxylamine groups is 2. The first-order chi connectivity index (χ1) is 14.0. The first kappa shape index (κ1) is 26.0. The van der Waals surface area contributed by atoms with Crippen LogP contribution in [0.25, 0.3) is 0 Å². The average molecular weight is 444 g/mol. The van der Waals surface area contributed by atoms with Crippen molar-refractivity contribution < 1.29 is 28.3 Å². The van der Waals surface area contributed by atoms with E-state index in [9.17, 15) is 28.3 Å². The number of sulfone groups is 1. The number of aliphatic hydroxyl groups excluding tert-OH is 1. The molecule has 5 N–H and O–H groups in total. The van der Waals surface area contributed by atoms with Crippen LogP contribution in [-0.2, 0) is 25.8 Å². The summed E-state index contributed by atoms with van der Waals surface area (Å²) < 4.78 is 22.8. The Morgan fingerprint density at radius 2 is 1.77 bits per heavy atom. The van der Waals surface area contributed by atoms with E-state index < -0.39 is 46.1 Å². The van der Waals surface area contributed by atoms with Crippen molar-refractivity contribution in [2.75, 3.05) is 25.3 Å². The summed E-state index contributed by atoms with van der Waals surface area (Å²) in [5.74, 6) is -3.84. The molecule has 0 aliphatic carbocycles. The van der Waals surface area contributed by atoms with Crippen molar-refractivity contribution >= 4 is 21.7 Å². The highest BCUT2D eigenvalue weighted by Gasteiger charge is 2.37. The molecule has 0 aliphatic heterocycles. The molecule has 9 nitrogen and oxygen atoms in total. The van der Waals surface area contributed by atoms with Gasteiger partial charge >= 0.3 is 0 Å². The van der Waals surface area contributed by atoms with Crippen LogP contribution in [0.15, 0.2) is 30.3 Å². The van der Waals surface area contributed by atoms with Crippen molar-refractivity contribution in [2.45, 2.75) is 32.7 Å². The fraction of sp³-hybridized carbons (Fsp3) is 0.600. The molecule has 1 aromatic rings. The molecule has 0 heterocycles. The molecule has 0 radical (unpaired) electrons. The van der Waals surface area contributed by atoms with Crippen molar-refractivity contribution in [2.24, 2.45) is 23.5 Å². The molecule has 30 heavy (non-hydrogen) atoms. The fourth-order valence-electron chi connectivity index (χ4n) is 3.25. The number of hydrogen-bond acceptors (Lipinski definition) is 7. The molecule has 170 valence electrons. The van der Waals surface area contributed by atoms with E-state index in [0.717, 1.165) is 11.8 Å². The Morgan fingerprint density at radius 3 is 2.23 bits per heavy atom. The molecule has 0 aromatic heterocycles. The van der Waals surface area contributed by atoms with Crippen LogP contribution < -0.4 is 11.1 Å². The average Bonchev–Trinajstić information content (AvgIpc) is 2.66. The Kier molecular flexibility index (Phi) is 10.4. The van der Waals surface area contributed by atoms with Crippen molar-refractivity contribution in [3.05, 3.63) is 35.9 Å². The van der Waals surface area contributed by atoms with E-state index in [0.29, 0.717) is 11.5 Å². The number of nitrogens with one attached hydrogen (secondary N) is 1. The van der Waals surface area contributed by atoms with Gasteiger partial charge in [-0.15, -0.1) is 0 Å². The van der Waals surface area contributed by atoms with Gasteiger partial charge in [-0.1, -0.05) is 44.2 Å². The van der Waals surface area contributed by atoms with E-state index in [1.54, 1.807) is 24.3 Å². The second-order valence-electron chi connectivity index (χ2n) is 7.98. The van der Waals surface area contributed by atoms with Gasteiger partial charge in [0.15, 0.2) is 9.84 Å². The van der Waals surface area contributed by atoms with Gasteiger partial charge in [-0.2, -0.15) is 0 Å². The standard InChI is InChI=1S/C20H33N3O6S/c1-14(2)9-17(19(21)25)18(11-22-13-30(3,28)29)20(26)23(27)16(12-24)10-15-7-5-4-6-8-15/h4-8,14,16-18,22,24,27H,9-13H2,1-3H3,(H2,21,25)/t16-,17+,18-/m0/s1. The molecule has 3 atom stereocenters. The van der Waals surface area contributed by atoms with Gasteiger partial charge in [-0.05, 0) is 24.3 Å². The molecular formula is C20H33N3O6S. The van der Waals surface area contributed by atoms with Crippen LogP contribution >= 0.6 is 0 Å². The summed E-state index contributed by atoms with van der Waals surface area (Å²) in [6.07, 6.45) is 1.54. The van der Waals surface area contributed by atoms with Crippen LogP contribution in [-0.4, -0.2) is 66.9 Å². The van der Waals surface area contributed by atoms with E-state index in [2.05, 4.69) is 5.32 Å². The number of amides is 2. The number of primary amides is 1. The third-order valence-corrected chi connectivity index (χ3v) is 5.45. The van der Waals surface area contributed by atoms with Crippen LogP contribution in [0.3, 0.4) is 0 Å². The summed E-state index contributed by atoms with van der Waals surface area (Å²) in [7, 11) is -3.35. The van der Waals surface area contributed by atoms with Crippen LogP contribution in [0.2, 0.25) is 0 Å². The van der Waals surface area contributed by atoms with E-state index in [1.165, 1.54) is 0 Å². The highest BCUT2D eigenvalue weighted by molar-refractivity contribution is 7.90. The maximum Gasteiger partial charge on any atom is 0.251 e. The summed E-state index contributed by atoms with van der Waals surface area (Å²) in [5.41, 5.74) is 6.34. The van der Waals surface area contributed by atoms with E-state index in [4.69, 9.17) is 5.73 Å². The van der Waals surface area contributed by atoms with Crippen molar-refractivity contribution in [1.29, 1.82) is 0 Å². The molecule has 0 unspecified atom stereocenters. The van der Waals surface area contributed by atoms with Gasteiger partial charge in [-0.3, -0.25) is 14.8 Å². The minimum Gasteiger partial charge on any atom is -0.394 e. The second-order valence-corrected chi connectivity index (χ2v) is 10.1. The molecule has 0 spiro atoms. The highest BCUT2D eigenvalue weighted by atomic mass is 32.2. The minimum atomic E-state index is -3.35. The Hall–Kier alpha value is -2.01. The third kappa shape index (κ3) is 8.78. The molecule has 1 rings (SSSR count). The molecule has 2 amide bonds. The predicted octanol–water partition coefficient (Wildman–Crippen LogP) is 0.163.